The van der Waals surface area contributed by atoms with Gasteiger partial charge in [0.05, 0.1) is 0 Å². The largest absolute Gasteiger partial charge is 0.368 e. The SMILES string of the molecule is Cn1nc(C2CCCCC2)nc1N. The topological polar surface area (TPSA) is 56.7 Å². The fraction of sp³-hybridized carbons (Fsp3) is 0.778. The van der Waals surface area contributed by atoms with Crippen molar-refractivity contribution in [2.75, 3.05) is 5.73 Å². The van der Waals surface area contributed by atoms with Gasteiger partial charge in [-0.2, -0.15) is 10.1 Å². The van der Waals surface area contributed by atoms with Crippen molar-refractivity contribution in [3.63, 3.8) is 0 Å². The van der Waals surface area contributed by atoms with Crippen LogP contribution in [0.15, 0.2) is 0 Å². The number of hydrogen-bond donors (Lipinski definition) is 1. The number of aromatic nitrogens is 3. The molecule has 0 aromatic carbocycles. The van der Waals surface area contributed by atoms with E-state index in [1.54, 1.807) is 4.68 Å². The van der Waals surface area contributed by atoms with Gasteiger partial charge >= 0.3 is 0 Å². The van der Waals surface area contributed by atoms with E-state index in [0.29, 0.717) is 11.9 Å². The third-order valence-electron chi connectivity index (χ3n) is 2.78. The maximum absolute atomic E-state index is 5.64. The van der Waals surface area contributed by atoms with E-state index in [1.165, 1.54) is 32.1 Å². The molecule has 0 atom stereocenters. The Morgan fingerprint density at radius 2 is 2.00 bits per heavy atom. The second-order valence-corrected chi connectivity index (χ2v) is 3.79. The number of nitrogen functional groups attached to an aromatic ring is 1. The first-order chi connectivity index (χ1) is 6.27. The van der Waals surface area contributed by atoms with Crippen molar-refractivity contribution in [1.29, 1.82) is 0 Å². The molecule has 0 radical (unpaired) electrons. The van der Waals surface area contributed by atoms with Crippen LogP contribution in [0.4, 0.5) is 5.95 Å². The van der Waals surface area contributed by atoms with Crippen LogP contribution in [0.1, 0.15) is 43.8 Å². The summed E-state index contributed by atoms with van der Waals surface area (Å²) < 4.78 is 1.66. The molecule has 1 fully saturated rings. The Bertz CT molecular complexity index is 266. The number of hydrogen-bond acceptors (Lipinski definition) is 3. The molecule has 0 amide bonds. The van der Waals surface area contributed by atoms with Crippen molar-refractivity contribution in [3.05, 3.63) is 5.82 Å². The third kappa shape index (κ3) is 1.66. The zero-order valence-electron chi connectivity index (χ0n) is 8.03. The molecule has 4 heteroatoms. The lowest BCUT2D eigenvalue weighted by Gasteiger charge is -2.17. The lowest BCUT2D eigenvalue weighted by Crippen LogP contribution is -2.06. The summed E-state index contributed by atoms with van der Waals surface area (Å²) in [6.45, 7) is 0. The molecule has 1 aliphatic carbocycles. The van der Waals surface area contributed by atoms with Crippen LogP contribution in [0, 0.1) is 0 Å². The molecule has 4 nitrogen and oxygen atoms in total. The Morgan fingerprint density at radius 1 is 1.31 bits per heavy atom. The molecular formula is C9H16N4. The Labute approximate surface area is 78.1 Å². The van der Waals surface area contributed by atoms with Gasteiger partial charge in [-0.3, -0.25) is 0 Å². The lowest BCUT2D eigenvalue weighted by molar-refractivity contribution is 0.427. The molecule has 1 heterocycles. The van der Waals surface area contributed by atoms with Gasteiger partial charge in [0.15, 0.2) is 5.82 Å². The quantitative estimate of drug-likeness (QED) is 0.711. The van der Waals surface area contributed by atoms with E-state index >= 15 is 0 Å². The molecule has 1 aromatic heterocycles. The third-order valence-corrected chi connectivity index (χ3v) is 2.78. The van der Waals surface area contributed by atoms with Gasteiger partial charge in [-0.25, -0.2) is 4.68 Å². The van der Waals surface area contributed by atoms with E-state index in [9.17, 15) is 0 Å². The molecule has 1 aromatic rings. The predicted octanol–water partition coefficient (Wildman–Crippen LogP) is 1.44. The zero-order valence-corrected chi connectivity index (χ0v) is 8.03. The molecule has 0 spiro atoms. The highest BCUT2D eigenvalue weighted by Crippen LogP contribution is 2.30. The normalized spacial score (nSPS) is 19.2. The number of nitrogens with zero attached hydrogens (tertiary/aromatic N) is 3. The Morgan fingerprint density at radius 3 is 2.54 bits per heavy atom. The average Bonchev–Trinajstić information content (AvgIpc) is 2.49. The van der Waals surface area contributed by atoms with Crippen molar-refractivity contribution in [2.45, 2.75) is 38.0 Å². The molecule has 0 bridgehead atoms. The standard InChI is InChI=1S/C9H16N4/c1-13-9(10)11-8(12-13)7-5-3-2-4-6-7/h7H,2-6H2,1H3,(H2,10,11,12). The summed E-state index contributed by atoms with van der Waals surface area (Å²) in [6, 6.07) is 0. The van der Waals surface area contributed by atoms with Crippen molar-refractivity contribution in [3.8, 4) is 0 Å². The summed E-state index contributed by atoms with van der Waals surface area (Å²) in [4.78, 5) is 4.26. The molecule has 2 rings (SSSR count). The number of anilines is 1. The first kappa shape index (κ1) is 8.53. The predicted molar refractivity (Wildman–Crippen MR) is 51.2 cm³/mol. The van der Waals surface area contributed by atoms with Crippen LogP contribution >= 0.6 is 0 Å². The van der Waals surface area contributed by atoms with Gasteiger partial charge in [-0.15, -0.1) is 0 Å². The maximum Gasteiger partial charge on any atom is 0.218 e. The monoisotopic (exact) mass is 180 g/mol. The molecule has 0 aliphatic heterocycles. The van der Waals surface area contributed by atoms with Crippen molar-refractivity contribution >= 4 is 5.95 Å². The second-order valence-electron chi connectivity index (χ2n) is 3.79. The fourth-order valence-corrected chi connectivity index (χ4v) is 1.95. The average molecular weight is 180 g/mol. The first-order valence-electron chi connectivity index (χ1n) is 4.94. The van der Waals surface area contributed by atoms with Crippen LogP contribution in [-0.4, -0.2) is 14.8 Å². The fourth-order valence-electron chi connectivity index (χ4n) is 1.95. The van der Waals surface area contributed by atoms with E-state index in [4.69, 9.17) is 5.73 Å². The van der Waals surface area contributed by atoms with Crippen LogP contribution in [0.2, 0.25) is 0 Å². The Balaban J connectivity index is 2.14. The van der Waals surface area contributed by atoms with E-state index in [1.807, 2.05) is 7.05 Å². The van der Waals surface area contributed by atoms with Crippen LogP contribution in [0.25, 0.3) is 0 Å². The lowest BCUT2D eigenvalue weighted by atomic mass is 9.89. The minimum atomic E-state index is 0.528. The Hall–Kier alpha value is -1.06. The van der Waals surface area contributed by atoms with Gasteiger partial charge in [0.25, 0.3) is 0 Å². The highest BCUT2D eigenvalue weighted by molar-refractivity contribution is 5.17. The smallest absolute Gasteiger partial charge is 0.218 e. The summed E-state index contributed by atoms with van der Waals surface area (Å²) in [5, 5.41) is 4.31. The summed E-state index contributed by atoms with van der Waals surface area (Å²) in [5.74, 6) is 2.03. The zero-order chi connectivity index (χ0) is 9.26. The van der Waals surface area contributed by atoms with E-state index in [2.05, 4.69) is 10.1 Å². The van der Waals surface area contributed by atoms with E-state index in [-0.39, 0.29) is 0 Å². The number of nitrogens with two attached hydrogens (primary N) is 1. The summed E-state index contributed by atoms with van der Waals surface area (Å²) >= 11 is 0. The highest BCUT2D eigenvalue weighted by atomic mass is 15.4. The summed E-state index contributed by atoms with van der Waals surface area (Å²) in [6.07, 6.45) is 6.43. The van der Waals surface area contributed by atoms with Crippen LogP contribution in [0.5, 0.6) is 0 Å². The highest BCUT2D eigenvalue weighted by Gasteiger charge is 2.19. The molecule has 72 valence electrons. The summed E-state index contributed by atoms with van der Waals surface area (Å²) in [5.41, 5.74) is 5.64. The van der Waals surface area contributed by atoms with Gasteiger partial charge in [0, 0.05) is 13.0 Å². The molecule has 0 unspecified atom stereocenters. The van der Waals surface area contributed by atoms with Gasteiger partial charge < -0.3 is 5.73 Å². The van der Waals surface area contributed by atoms with Gasteiger partial charge in [-0.1, -0.05) is 19.3 Å². The molecule has 2 N–H and O–H groups in total. The van der Waals surface area contributed by atoms with Crippen molar-refractivity contribution < 1.29 is 0 Å². The van der Waals surface area contributed by atoms with E-state index < -0.39 is 0 Å². The summed E-state index contributed by atoms with van der Waals surface area (Å²) in [7, 11) is 1.84. The second kappa shape index (κ2) is 3.36. The van der Waals surface area contributed by atoms with E-state index in [0.717, 1.165) is 5.82 Å². The van der Waals surface area contributed by atoms with Gasteiger partial charge in [0.1, 0.15) is 0 Å². The molecule has 13 heavy (non-hydrogen) atoms. The van der Waals surface area contributed by atoms with Crippen molar-refractivity contribution in [1.82, 2.24) is 14.8 Å². The number of aryl methyl sites for hydroxylation is 1. The van der Waals surface area contributed by atoms with Gasteiger partial charge in [0.2, 0.25) is 5.95 Å². The van der Waals surface area contributed by atoms with Crippen LogP contribution < -0.4 is 5.73 Å². The molecular weight excluding hydrogens is 164 g/mol. The molecule has 0 saturated heterocycles. The van der Waals surface area contributed by atoms with Crippen LogP contribution in [-0.2, 0) is 7.05 Å². The molecule has 1 saturated carbocycles. The van der Waals surface area contributed by atoms with Gasteiger partial charge in [-0.05, 0) is 12.8 Å². The van der Waals surface area contributed by atoms with Crippen molar-refractivity contribution in [2.24, 2.45) is 7.05 Å². The minimum Gasteiger partial charge on any atom is -0.368 e. The number of rotatable bonds is 1. The molecule has 1 aliphatic rings. The maximum atomic E-state index is 5.64. The van der Waals surface area contributed by atoms with Crippen LogP contribution in [0.3, 0.4) is 0 Å². The minimum absolute atomic E-state index is 0.528. The first-order valence-corrected chi connectivity index (χ1v) is 4.94. The Kier molecular flexibility index (Phi) is 2.20.